The summed E-state index contributed by atoms with van der Waals surface area (Å²) >= 11 is 0. The maximum absolute atomic E-state index is 11.7. The van der Waals surface area contributed by atoms with Crippen molar-refractivity contribution >= 4 is 0 Å². The average Bonchev–Trinajstić information content (AvgIpc) is 2.29. The van der Waals surface area contributed by atoms with Crippen molar-refractivity contribution in [2.45, 2.75) is 37.6 Å². The van der Waals surface area contributed by atoms with Crippen LogP contribution < -0.4 is 5.73 Å². The van der Waals surface area contributed by atoms with Gasteiger partial charge in [-0.1, -0.05) is 0 Å². The fourth-order valence-electron chi connectivity index (χ4n) is 1.36. The third-order valence-electron chi connectivity index (χ3n) is 1.96. The molecular formula is C7H12F3NO. The molecule has 0 saturated heterocycles. The molecule has 0 aromatic rings. The fraction of sp³-hybridized carbons (Fsp3) is 1.00. The summed E-state index contributed by atoms with van der Waals surface area (Å²) in [5.41, 5.74) is 5.52. The molecule has 1 aliphatic carbocycles. The standard InChI is InChI=1S/C7H12F3NO/c8-7(9,10)4-12-6-3-1-2-5(6)11/h5-6H,1-4,11H2/t5-,6+/m1/s1. The van der Waals surface area contributed by atoms with E-state index in [2.05, 4.69) is 4.74 Å². The van der Waals surface area contributed by atoms with Gasteiger partial charge in [0.15, 0.2) is 0 Å². The Hall–Kier alpha value is -0.290. The summed E-state index contributed by atoms with van der Waals surface area (Å²) in [6.07, 6.45) is -2.35. The molecule has 2 nitrogen and oxygen atoms in total. The minimum atomic E-state index is -4.23. The average molecular weight is 183 g/mol. The molecule has 0 radical (unpaired) electrons. The molecule has 0 heterocycles. The topological polar surface area (TPSA) is 35.2 Å². The van der Waals surface area contributed by atoms with Crippen LogP contribution in [0.15, 0.2) is 0 Å². The molecule has 0 unspecified atom stereocenters. The molecule has 2 atom stereocenters. The summed E-state index contributed by atoms with van der Waals surface area (Å²) in [5, 5.41) is 0. The van der Waals surface area contributed by atoms with Crippen molar-refractivity contribution in [1.29, 1.82) is 0 Å². The highest BCUT2D eigenvalue weighted by Gasteiger charge is 2.32. The maximum Gasteiger partial charge on any atom is 0.411 e. The Morgan fingerprint density at radius 1 is 1.33 bits per heavy atom. The summed E-state index contributed by atoms with van der Waals surface area (Å²) in [4.78, 5) is 0. The normalized spacial score (nSPS) is 31.0. The lowest BCUT2D eigenvalue weighted by atomic mass is 10.2. The van der Waals surface area contributed by atoms with E-state index in [9.17, 15) is 13.2 Å². The Balaban J connectivity index is 2.23. The summed E-state index contributed by atoms with van der Waals surface area (Å²) in [6.45, 7) is -1.18. The van der Waals surface area contributed by atoms with Gasteiger partial charge >= 0.3 is 6.18 Å². The van der Waals surface area contributed by atoms with Gasteiger partial charge in [-0.05, 0) is 19.3 Å². The van der Waals surface area contributed by atoms with Gasteiger partial charge in [-0.3, -0.25) is 0 Å². The van der Waals surface area contributed by atoms with Crippen molar-refractivity contribution < 1.29 is 17.9 Å². The molecule has 72 valence electrons. The van der Waals surface area contributed by atoms with E-state index in [0.717, 1.165) is 12.8 Å². The van der Waals surface area contributed by atoms with Crippen LogP contribution in [-0.2, 0) is 4.74 Å². The molecule has 0 aromatic heterocycles. The summed E-state index contributed by atoms with van der Waals surface area (Å²) in [5.74, 6) is 0. The van der Waals surface area contributed by atoms with Gasteiger partial charge in [0.1, 0.15) is 6.61 Å². The Labute approximate surface area is 68.9 Å². The second-order valence-electron chi connectivity index (χ2n) is 3.06. The van der Waals surface area contributed by atoms with Crippen LogP contribution in [0, 0.1) is 0 Å². The van der Waals surface area contributed by atoms with E-state index in [1.54, 1.807) is 0 Å². The van der Waals surface area contributed by atoms with Crippen LogP contribution in [0.5, 0.6) is 0 Å². The Bertz CT molecular complexity index is 148. The molecule has 2 N–H and O–H groups in total. The monoisotopic (exact) mass is 183 g/mol. The molecule has 1 aliphatic rings. The molecule has 0 spiro atoms. The fourth-order valence-corrected chi connectivity index (χ4v) is 1.36. The molecule has 12 heavy (non-hydrogen) atoms. The van der Waals surface area contributed by atoms with Gasteiger partial charge in [-0.15, -0.1) is 0 Å². The third-order valence-corrected chi connectivity index (χ3v) is 1.96. The molecule has 0 amide bonds. The maximum atomic E-state index is 11.7. The van der Waals surface area contributed by atoms with E-state index in [4.69, 9.17) is 5.73 Å². The van der Waals surface area contributed by atoms with E-state index in [0.29, 0.717) is 6.42 Å². The number of rotatable bonds is 2. The summed E-state index contributed by atoms with van der Waals surface area (Å²) in [6, 6.07) is -0.215. The first-order chi connectivity index (χ1) is 5.49. The Morgan fingerprint density at radius 3 is 2.42 bits per heavy atom. The van der Waals surface area contributed by atoms with Crippen molar-refractivity contribution in [2.24, 2.45) is 5.73 Å². The molecule has 1 rings (SSSR count). The predicted molar refractivity (Wildman–Crippen MR) is 37.6 cm³/mol. The number of hydrogen-bond acceptors (Lipinski definition) is 2. The van der Waals surface area contributed by atoms with E-state index >= 15 is 0 Å². The highest BCUT2D eigenvalue weighted by molar-refractivity contribution is 4.81. The molecule has 5 heteroatoms. The molecule has 0 bridgehead atoms. The minimum absolute atomic E-state index is 0.215. The number of alkyl halides is 3. The van der Waals surface area contributed by atoms with E-state index < -0.39 is 18.9 Å². The van der Waals surface area contributed by atoms with Crippen LogP contribution >= 0.6 is 0 Å². The zero-order chi connectivity index (χ0) is 9.19. The van der Waals surface area contributed by atoms with E-state index in [-0.39, 0.29) is 6.04 Å². The second kappa shape index (κ2) is 3.62. The van der Waals surface area contributed by atoms with Gasteiger partial charge in [-0.2, -0.15) is 13.2 Å². The van der Waals surface area contributed by atoms with Crippen molar-refractivity contribution in [3.8, 4) is 0 Å². The van der Waals surface area contributed by atoms with Crippen LogP contribution in [0.1, 0.15) is 19.3 Å². The van der Waals surface area contributed by atoms with Crippen LogP contribution in [0.3, 0.4) is 0 Å². The lowest BCUT2D eigenvalue weighted by Crippen LogP contribution is -2.34. The molecule has 1 fully saturated rings. The van der Waals surface area contributed by atoms with Crippen LogP contribution in [-0.4, -0.2) is 24.9 Å². The molecule has 1 saturated carbocycles. The molecular weight excluding hydrogens is 171 g/mol. The number of halogens is 3. The van der Waals surface area contributed by atoms with Crippen molar-refractivity contribution in [1.82, 2.24) is 0 Å². The first kappa shape index (κ1) is 9.80. The smallest absolute Gasteiger partial charge is 0.367 e. The zero-order valence-corrected chi connectivity index (χ0v) is 6.60. The van der Waals surface area contributed by atoms with Gasteiger partial charge in [0, 0.05) is 6.04 Å². The SMILES string of the molecule is N[C@@H]1CCC[C@@H]1OCC(F)(F)F. The largest absolute Gasteiger partial charge is 0.411 e. The summed E-state index contributed by atoms with van der Waals surface area (Å²) < 4.78 is 39.6. The quantitative estimate of drug-likeness (QED) is 0.703. The first-order valence-electron chi connectivity index (χ1n) is 3.93. The minimum Gasteiger partial charge on any atom is -0.367 e. The Kier molecular flexibility index (Phi) is 2.95. The van der Waals surface area contributed by atoms with Crippen molar-refractivity contribution in [2.75, 3.05) is 6.61 Å². The van der Waals surface area contributed by atoms with Gasteiger partial charge < -0.3 is 10.5 Å². The van der Waals surface area contributed by atoms with Crippen LogP contribution in [0.25, 0.3) is 0 Å². The van der Waals surface area contributed by atoms with Crippen LogP contribution in [0.4, 0.5) is 13.2 Å². The third kappa shape index (κ3) is 2.98. The van der Waals surface area contributed by atoms with Gasteiger partial charge in [0.25, 0.3) is 0 Å². The second-order valence-corrected chi connectivity index (χ2v) is 3.06. The van der Waals surface area contributed by atoms with E-state index in [1.807, 2.05) is 0 Å². The van der Waals surface area contributed by atoms with Crippen molar-refractivity contribution in [3.63, 3.8) is 0 Å². The van der Waals surface area contributed by atoms with Crippen molar-refractivity contribution in [3.05, 3.63) is 0 Å². The lowest BCUT2D eigenvalue weighted by Gasteiger charge is -2.17. The van der Waals surface area contributed by atoms with E-state index in [1.165, 1.54) is 0 Å². The predicted octanol–water partition coefficient (Wildman–Crippen LogP) is 1.45. The van der Waals surface area contributed by atoms with Crippen LogP contribution in [0.2, 0.25) is 0 Å². The zero-order valence-electron chi connectivity index (χ0n) is 6.60. The molecule has 0 aliphatic heterocycles. The highest BCUT2D eigenvalue weighted by Crippen LogP contribution is 2.23. The Morgan fingerprint density at radius 2 is 2.00 bits per heavy atom. The number of ether oxygens (including phenoxy) is 1. The number of hydrogen-bond donors (Lipinski definition) is 1. The van der Waals surface area contributed by atoms with Gasteiger partial charge in [-0.25, -0.2) is 0 Å². The van der Waals surface area contributed by atoms with Gasteiger partial charge in [0.2, 0.25) is 0 Å². The summed E-state index contributed by atoms with van der Waals surface area (Å²) in [7, 11) is 0. The first-order valence-corrected chi connectivity index (χ1v) is 3.93. The molecule has 0 aromatic carbocycles. The number of nitrogens with two attached hydrogens (primary N) is 1. The van der Waals surface area contributed by atoms with Gasteiger partial charge in [0.05, 0.1) is 6.10 Å². The highest BCUT2D eigenvalue weighted by atomic mass is 19.4. The lowest BCUT2D eigenvalue weighted by molar-refractivity contribution is -0.185.